The van der Waals surface area contributed by atoms with Crippen LogP contribution in [0.2, 0.25) is 10.0 Å². The van der Waals surface area contributed by atoms with Gasteiger partial charge in [-0.2, -0.15) is 8.42 Å². The van der Waals surface area contributed by atoms with Crippen LogP contribution in [0.25, 0.3) is 34.1 Å². The van der Waals surface area contributed by atoms with Gasteiger partial charge >= 0.3 is 10.2 Å². The average Bonchev–Trinajstić information content (AvgIpc) is 3.55. The van der Waals surface area contributed by atoms with Crippen molar-refractivity contribution in [2.24, 2.45) is 5.41 Å². The van der Waals surface area contributed by atoms with Crippen molar-refractivity contribution in [1.82, 2.24) is 14.3 Å². The number of benzene rings is 4. The highest BCUT2D eigenvalue weighted by atomic mass is 35.5. The summed E-state index contributed by atoms with van der Waals surface area (Å²) >= 11 is 12.7. The molecule has 1 aromatic heterocycles. The van der Waals surface area contributed by atoms with Gasteiger partial charge in [0.1, 0.15) is 5.82 Å². The molecule has 2 heterocycles. The lowest BCUT2D eigenvalue weighted by Crippen LogP contribution is -2.29. The Kier molecular flexibility index (Phi) is 8.94. The van der Waals surface area contributed by atoms with E-state index in [0.29, 0.717) is 33.5 Å². The summed E-state index contributed by atoms with van der Waals surface area (Å²) in [5.74, 6) is 0.272. The molecular weight excluding hydrogens is 651 g/mol. The second kappa shape index (κ2) is 13.0. The highest BCUT2D eigenvalue weighted by Crippen LogP contribution is 2.33. The zero-order valence-electron chi connectivity index (χ0n) is 26.2. The maximum Gasteiger partial charge on any atom is 0.330 e. The van der Waals surface area contributed by atoms with Gasteiger partial charge in [0, 0.05) is 28.9 Å². The Morgan fingerprint density at radius 1 is 0.894 bits per heavy atom. The number of hydrogen-bond donors (Lipinski definition) is 2. The Bertz CT molecular complexity index is 2100. The first-order valence-corrected chi connectivity index (χ1v) is 17.3. The molecule has 0 atom stereocenters. The number of rotatable bonds is 8. The Balaban J connectivity index is 1.30. The summed E-state index contributed by atoms with van der Waals surface area (Å²) in [4.78, 5) is 4.97. The predicted molar refractivity (Wildman–Crippen MR) is 192 cm³/mol. The molecule has 240 valence electrons. The van der Waals surface area contributed by atoms with Gasteiger partial charge in [-0.1, -0.05) is 111 Å². The molecule has 0 aliphatic carbocycles. The number of halogens is 2. The van der Waals surface area contributed by atoms with E-state index in [9.17, 15) is 13.5 Å². The van der Waals surface area contributed by atoms with Gasteiger partial charge in [0.05, 0.1) is 22.6 Å². The highest BCUT2D eigenvalue weighted by Gasteiger charge is 2.29. The van der Waals surface area contributed by atoms with E-state index < -0.39 is 16.1 Å². The van der Waals surface area contributed by atoms with Crippen molar-refractivity contribution >= 4 is 45.2 Å². The quantitative estimate of drug-likeness (QED) is 0.170. The number of allylic oxidation sites excluding steroid dienone is 1. The van der Waals surface area contributed by atoms with Crippen LogP contribution in [0.15, 0.2) is 115 Å². The smallest absolute Gasteiger partial charge is 0.330 e. The highest BCUT2D eigenvalue weighted by molar-refractivity contribution is 7.91. The third kappa shape index (κ3) is 7.57. The number of aliphatic hydroxyl groups excluding tert-OH is 1. The van der Waals surface area contributed by atoms with Crippen LogP contribution in [0.5, 0.6) is 0 Å². The van der Waals surface area contributed by atoms with Crippen LogP contribution in [0.3, 0.4) is 0 Å². The van der Waals surface area contributed by atoms with Crippen LogP contribution >= 0.6 is 23.2 Å². The molecule has 6 rings (SSSR count). The summed E-state index contributed by atoms with van der Waals surface area (Å²) < 4.78 is 30.1. The molecular formula is C37H34Cl2N4O3S. The molecule has 0 radical (unpaired) electrons. The Morgan fingerprint density at radius 2 is 1.57 bits per heavy atom. The van der Waals surface area contributed by atoms with E-state index in [4.69, 9.17) is 28.2 Å². The minimum atomic E-state index is -3.95. The van der Waals surface area contributed by atoms with Gasteiger partial charge in [0.15, 0.2) is 0 Å². The SMILES string of the molecule is CC(C)(C)CC=Cc1ccc(-c2ccc(Cc3nc(-c4ccc(Cl)cc4Cl)cn3-c3cccc(N4C=C(O)NS4(=O)=O)c3)cc2)cc1. The number of aliphatic hydroxyl groups is 1. The van der Waals surface area contributed by atoms with Gasteiger partial charge in [-0.25, -0.2) is 14.0 Å². The van der Waals surface area contributed by atoms with Crippen molar-refractivity contribution < 1.29 is 13.5 Å². The fourth-order valence-corrected chi connectivity index (χ4v) is 6.86. The van der Waals surface area contributed by atoms with Crippen molar-refractivity contribution in [2.75, 3.05) is 4.31 Å². The van der Waals surface area contributed by atoms with Crippen molar-refractivity contribution in [3.05, 3.63) is 142 Å². The number of imidazole rings is 1. The lowest BCUT2D eigenvalue weighted by atomic mass is 9.92. The van der Waals surface area contributed by atoms with Gasteiger partial charge in [-0.05, 0) is 70.5 Å². The van der Waals surface area contributed by atoms with Crippen LogP contribution in [0.1, 0.15) is 44.1 Å². The van der Waals surface area contributed by atoms with Crippen LogP contribution in [0, 0.1) is 5.41 Å². The topological polar surface area (TPSA) is 87.5 Å². The van der Waals surface area contributed by atoms with Gasteiger partial charge in [0.25, 0.3) is 0 Å². The first kappa shape index (κ1) is 32.4. The zero-order valence-corrected chi connectivity index (χ0v) is 28.5. The Hall–Kier alpha value is -4.50. The molecule has 7 nitrogen and oxygen atoms in total. The normalized spacial score (nSPS) is 14.4. The summed E-state index contributed by atoms with van der Waals surface area (Å²) in [6.45, 7) is 6.70. The monoisotopic (exact) mass is 684 g/mol. The molecule has 0 unspecified atom stereocenters. The van der Waals surface area contributed by atoms with Crippen LogP contribution in [0.4, 0.5) is 5.69 Å². The van der Waals surface area contributed by atoms with Crippen molar-refractivity contribution in [3.63, 3.8) is 0 Å². The molecule has 0 spiro atoms. The molecule has 1 aliphatic rings. The second-order valence-corrected chi connectivity index (χ2v) is 15.0. The first-order chi connectivity index (χ1) is 22.3. The molecule has 0 saturated carbocycles. The number of aromatic nitrogens is 2. The van der Waals surface area contributed by atoms with Crippen molar-refractivity contribution in [1.29, 1.82) is 0 Å². The van der Waals surface area contributed by atoms with E-state index in [-0.39, 0.29) is 5.41 Å². The van der Waals surface area contributed by atoms with Crippen molar-refractivity contribution in [3.8, 4) is 28.1 Å². The van der Waals surface area contributed by atoms with Gasteiger partial charge < -0.3 is 9.67 Å². The standard InChI is InChI=1S/C37H34Cl2N4O3S/c1-37(2,3)19-5-6-25-9-13-27(14-10-25)28-15-11-26(12-16-28)20-35-40-34(32-18-17-29(38)21-33(32)39)23-42(35)30-7-4-8-31(22-30)43-24-36(44)41-47(43,45)46/h4-18,21-24,41,44H,19-20H2,1-3H3. The minimum absolute atomic E-state index is 0.265. The number of anilines is 1. The molecule has 1 aliphatic heterocycles. The molecule has 5 aromatic rings. The molecule has 0 saturated heterocycles. The van der Waals surface area contributed by atoms with Crippen LogP contribution in [-0.4, -0.2) is 23.1 Å². The third-order valence-electron chi connectivity index (χ3n) is 7.68. The van der Waals surface area contributed by atoms with E-state index in [1.54, 1.807) is 30.3 Å². The average molecular weight is 686 g/mol. The van der Waals surface area contributed by atoms with Gasteiger partial charge in [0.2, 0.25) is 5.88 Å². The van der Waals surface area contributed by atoms with Gasteiger partial charge in [-0.3, -0.25) is 0 Å². The summed E-state index contributed by atoms with van der Waals surface area (Å²) in [5.41, 5.74) is 7.14. The lowest BCUT2D eigenvalue weighted by molar-refractivity contribution is 0.392. The number of nitrogens with one attached hydrogen (secondary N) is 1. The molecule has 2 N–H and O–H groups in total. The number of hydrogen-bond acceptors (Lipinski definition) is 4. The van der Waals surface area contributed by atoms with Crippen molar-refractivity contribution in [2.45, 2.75) is 33.6 Å². The molecule has 0 amide bonds. The fourth-order valence-electron chi connectivity index (χ4n) is 5.31. The minimum Gasteiger partial charge on any atom is -0.493 e. The van der Waals surface area contributed by atoms with Crippen LogP contribution in [-0.2, 0) is 16.6 Å². The zero-order chi connectivity index (χ0) is 33.3. The van der Waals surface area contributed by atoms with E-state index in [1.165, 1.54) is 5.56 Å². The third-order valence-corrected chi connectivity index (χ3v) is 9.53. The van der Waals surface area contributed by atoms with Crippen LogP contribution < -0.4 is 9.03 Å². The number of nitrogens with zero attached hydrogens (tertiary/aromatic N) is 3. The first-order valence-electron chi connectivity index (χ1n) is 15.1. The van der Waals surface area contributed by atoms with E-state index in [1.807, 2.05) is 22.9 Å². The Labute approximate surface area is 285 Å². The van der Waals surface area contributed by atoms with E-state index in [0.717, 1.165) is 45.0 Å². The van der Waals surface area contributed by atoms with E-state index in [2.05, 4.69) is 86.2 Å². The molecule has 47 heavy (non-hydrogen) atoms. The maximum absolute atomic E-state index is 12.6. The summed E-state index contributed by atoms with van der Waals surface area (Å²) in [6, 6.07) is 29.2. The lowest BCUT2D eigenvalue weighted by Gasteiger charge is -2.16. The van der Waals surface area contributed by atoms with E-state index >= 15 is 0 Å². The summed E-state index contributed by atoms with van der Waals surface area (Å²) in [6.07, 6.45) is 8.92. The second-order valence-electron chi connectivity index (χ2n) is 12.6. The largest absolute Gasteiger partial charge is 0.493 e. The molecule has 10 heteroatoms. The summed E-state index contributed by atoms with van der Waals surface area (Å²) in [5, 5.41) is 10.8. The fraction of sp³-hybridized carbons (Fsp3) is 0.162. The van der Waals surface area contributed by atoms with Gasteiger partial charge in [-0.15, -0.1) is 0 Å². The molecule has 0 bridgehead atoms. The maximum atomic E-state index is 12.6. The molecule has 0 fully saturated rings. The molecule has 4 aromatic carbocycles. The Morgan fingerprint density at radius 3 is 2.21 bits per heavy atom. The predicted octanol–water partition coefficient (Wildman–Crippen LogP) is 9.56. The summed E-state index contributed by atoms with van der Waals surface area (Å²) in [7, 11) is -3.95.